The molecule has 7 heteroatoms. The summed E-state index contributed by atoms with van der Waals surface area (Å²) in [4.78, 5) is 22.2. The van der Waals surface area contributed by atoms with Crippen molar-refractivity contribution in [1.82, 2.24) is 5.43 Å². The summed E-state index contributed by atoms with van der Waals surface area (Å²) < 4.78 is 17.8. The number of carboxylic acids is 1. The first-order valence-electron chi connectivity index (χ1n) is 6.58. The highest BCUT2D eigenvalue weighted by molar-refractivity contribution is 5.89. The predicted octanol–water partition coefficient (Wildman–Crippen LogP) is 2.05. The monoisotopic (exact) mass is 316 g/mol. The van der Waals surface area contributed by atoms with Crippen LogP contribution in [0.1, 0.15) is 15.9 Å². The number of halogens is 1. The Morgan fingerprint density at radius 3 is 2.39 bits per heavy atom. The van der Waals surface area contributed by atoms with Crippen LogP contribution in [0.15, 0.2) is 53.6 Å². The molecule has 0 saturated heterocycles. The molecule has 0 unspecified atom stereocenters. The van der Waals surface area contributed by atoms with E-state index in [1.54, 1.807) is 12.1 Å². The fourth-order valence-electron chi connectivity index (χ4n) is 1.60. The Bertz CT molecular complexity index is 712. The van der Waals surface area contributed by atoms with E-state index in [0.717, 1.165) is 0 Å². The van der Waals surface area contributed by atoms with Crippen molar-refractivity contribution in [3.8, 4) is 5.75 Å². The maximum absolute atomic E-state index is 12.7. The molecule has 1 amide bonds. The van der Waals surface area contributed by atoms with Crippen LogP contribution in [0.2, 0.25) is 0 Å². The van der Waals surface area contributed by atoms with Gasteiger partial charge in [0.2, 0.25) is 0 Å². The number of nitrogens with zero attached hydrogens (tertiary/aromatic N) is 1. The molecule has 0 aromatic heterocycles. The second-order valence-electron chi connectivity index (χ2n) is 4.46. The van der Waals surface area contributed by atoms with Crippen LogP contribution in [-0.4, -0.2) is 29.8 Å². The van der Waals surface area contributed by atoms with Gasteiger partial charge in [-0.1, -0.05) is 12.1 Å². The summed E-state index contributed by atoms with van der Waals surface area (Å²) in [5, 5.41) is 12.5. The third kappa shape index (κ3) is 5.24. The Morgan fingerprint density at radius 1 is 1.13 bits per heavy atom. The van der Waals surface area contributed by atoms with Gasteiger partial charge in [-0.05, 0) is 42.0 Å². The van der Waals surface area contributed by atoms with E-state index in [9.17, 15) is 14.0 Å². The summed E-state index contributed by atoms with van der Waals surface area (Å²) in [6.45, 7) is -0.263. The van der Waals surface area contributed by atoms with E-state index in [1.165, 1.54) is 42.6 Å². The fourth-order valence-corrected chi connectivity index (χ4v) is 1.60. The van der Waals surface area contributed by atoms with E-state index in [-0.39, 0.29) is 18.0 Å². The zero-order valence-electron chi connectivity index (χ0n) is 11.9. The van der Waals surface area contributed by atoms with Gasteiger partial charge in [0.25, 0.3) is 5.91 Å². The van der Waals surface area contributed by atoms with Gasteiger partial charge in [-0.25, -0.2) is 14.6 Å². The van der Waals surface area contributed by atoms with E-state index in [1.807, 2.05) is 0 Å². The van der Waals surface area contributed by atoms with Crippen LogP contribution in [0.4, 0.5) is 4.39 Å². The predicted molar refractivity (Wildman–Crippen MR) is 81.0 cm³/mol. The number of hydrogen-bond acceptors (Lipinski definition) is 4. The minimum absolute atomic E-state index is 0.166. The molecule has 6 nitrogen and oxygen atoms in total. The number of carbonyl (C=O) groups is 2. The van der Waals surface area contributed by atoms with Crippen LogP contribution in [0, 0.1) is 5.82 Å². The molecule has 0 aliphatic rings. The first-order valence-corrected chi connectivity index (χ1v) is 6.58. The van der Waals surface area contributed by atoms with Gasteiger partial charge < -0.3 is 9.84 Å². The number of nitrogens with one attached hydrogen (secondary N) is 1. The van der Waals surface area contributed by atoms with Gasteiger partial charge in [0.05, 0.1) is 11.8 Å². The lowest BCUT2D eigenvalue weighted by Gasteiger charge is -2.04. The van der Waals surface area contributed by atoms with Crippen molar-refractivity contribution in [3.63, 3.8) is 0 Å². The minimum atomic E-state index is -1.01. The van der Waals surface area contributed by atoms with Gasteiger partial charge in [0, 0.05) is 0 Å². The molecule has 23 heavy (non-hydrogen) atoms. The third-order valence-electron chi connectivity index (χ3n) is 2.74. The highest BCUT2D eigenvalue weighted by Gasteiger charge is 2.02. The Balaban J connectivity index is 1.79. The molecule has 0 fully saturated rings. The second kappa shape index (κ2) is 7.69. The largest absolute Gasteiger partial charge is 0.484 e. The topological polar surface area (TPSA) is 88.0 Å². The summed E-state index contributed by atoms with van der Waals surface area (Å²) in [5.74, 6) is -1.51. The maximum Gasteiger partial charge on any atom is 0.335 e. The van der Waals surface area contributed by atoms with Gasteiger partial charge in [-0.2, -0.15) is 5.10 Å². The lowest BCUT2D eigenvalue weighted by atomic mass is 10.1. The minimum Gasteiger partial charge on any atom is -0.484 e. The molecular weight excluding hydrogens is 303 g/mol. The van der Waals surface area contributed by atoms with Gasteiger partial charge in [-0.15, -0.1) is 0 Å². The van der Waals surface area contributed by atoms with Crippen molar-refractivity contribution in [2.24, 2.45) is 5.10 Å². The molecule has 0 aliphatic heterocycles. The molecule has 2 aromatic carbocycles. The first-order chi connectivity index (χ1) is 11.0. The van der Waals surface area contributed by atoms with Gasteiger partial charge >= 0.3 is 5.97 Å². The Morgan fingerprint density at radius 2 is 1.78 bits per heavy atom. The van der Waals surface area contributed by atoms with Crippen molar-refractivity contribution >= 4 is 18.1 Å². The van der Waals surface area contributed by atoms with Gasteiger partial charge in [0.15, 0.2) is 6.61 Å². The third-order valence-corrected chi connectivity index (χ3v) is 2.74. The number of carbonyl (C=O) groups excluding carboxylic acids is 1. The zero-order chi connectivity index (χ0) is 16.7. The SMILES string of the molecule is O=C(COc1ccc(F)cc1)N/N=C/c1ccc(C(=O)O)cc1. The normalized spacial score (nSPS) is 10.5. The number of benzene rings is 2. The number of hydrazone groups is 1. The second-order valence-corrected chi connectivity index (χ2v) is 4.46. The smallest absolute Gasteiger partial charge is 0.335 e. The Kier molecular flexibility index (Phi) is 5.40. The van der Waals surface area contributed by atoms with E-state index >= 15 is 0 Å². The van der Waals surface area contributed by atoms with Crippen LogP contribution >= 0.6 is 0 Å². The van der Waals surface area contributed by atoms with Crippen molar-refractivity contribution in [2.75, 3.05) is 6.61 Å². The van der Waals surface area contributed by atoms with Crippen LogP contribution in [0.25, 0.3) is 0 Å². The average Bonchev–Trinajstić information content (AvgIpc) is 2.55. The quantitative estimate of drug-likeness (QED) is 0.630. The lowest BCUT2D eigenvalue weighted by Crippen LogP contribution is -2.24. The van der Waals surface area contributed by atoms with E-state index in [2.05, 4.69) is 10.5 Å². The molecule has 118 valence electrons. The Labute approximate surface area is 131 Å². The van der Waals surface area contributed by atoms with E-state index in [4.69, 9.17) is 9.84 Å². The number of amides is 1. The van der Waals surface area contributed by atoms with Crippen LogP contribution in [0.5, 0.6) is 5.75 Å². The summed E-state index contributed by atoms with van der Waals surface area (Å²) >= 11 is 0. The molecular formula is C16H13FN2O4. The molecule has 0 saturated carbocycles. The molecule has 2 N–H and O–H groups in total. The fraction of sp³-hybridized carbons (Fsp3) is 0.0625. The number of hydrogen-bond donors (Lipinski definition) is 2. The highest BCUT2D eigenvalue weighted by atomic mass is 19.1. The number of aromatic carboxylic acids is 1. The van der Waals surface area contributed by atoms with E-state index < -0.39 is 11.9 Å². The molecule has 0 aliphatic carbocycles. The van der Waals surface area contributed by atoms with Crippen molar-refractivity contribution in [2.45, 2.75) is 0 Å². The van der Waals surface area contributed by atoms with E-state index in [0.29, 0.717) is 11.3 Å². The molecule has 2 rings (SSSR count). The van der Waals surface area contributed by atoms with Gasteiger partial charge in [-0.3, -0.25) is 4.79 Å². The summed E-state index contributed by atoms with van der Waals surface area (Å²) in [6, 6.07) is 11.3. The number of ether oxygens (including phenoxy) is 1. The number of rotatable bonds is 6. The lowest BCUT2D eigenvalue weighted by molar-refractivity contribution is -0.123. The number of carboxylic acid groups (broad SMARTS) is 1. The molecule has 0 radical (unpaired) electrons. The van der Waals surface area contributed by atoms with Crippen molar-refractivity contribution < 1.29 is 23.8 Å². The average molecular weight is 316 g/mol. The summed E-state index contributed by atoms with van der Waals surface area (Å²) in [7, 11) is 0. The van der Waals surface area contributed by atoms with Crippen LogP contribution in [0.3, 0.4) is 0 Å². The van der Waals surface area contributed by atoms with Crippen molar-refractivity contribution in [3.05, 3.63) is 65.5 Å². The standard InChI is InChI=1S/C16H13FN2O4/c17-13-5-7-14(8-6-13)23-10-15(20)19-18-9-11-1-3-12(4-2-11)16(21)22/h1-9H,10H2,(H,19,20)(H,21,22)/b18-9+. The molecule has 0 heterocycles. The summed E-state index contributed by atoms with van der Waals surface area (Å²) in [5.41, 5.74) is 3.06. The zero-order valence-corrected chi connectivity index (χ0v) is 11.9. The maximum atomic E-state index is 12.7. The first kappa shape index (κ1) is 16.2. The molecule has 2 aromatic rings. The van der Waals surface area contributed by atoms with Crippen molar-refractivity contribution in [1.29, 1.82) is 0 Å². The molecule has 0 bridgehead atoms. The van der Waals surface area contributed by atoms with Crippen LogP contribution in [-0.2, 0) is 4.79 Å². The molecule has 0 spiro atoms. The van der Waals surface area contributed by atoms with Gasteiger partial charge in [0.1, 0.15) is 11.6 Å². The molecule has 0 atom stereocenters. The summed E-state index contributed by atoms with van der Waals surface area (Å²) in [6.07, 6.45) is 1.38. The van der Waals surface area contributed by atoms with Crippen LogP contribution < -0.4 is 10.2 Å². The Hall–Kier alpha value is -3.22. The highest BCUT2D eigenvalue weighted by Crippen LogP contribution is 2.10.